The van der Waals surface area contributed by atoms with Gasteiger partial charge in [0.25, 0.3) is 0 Å². The van der Waals surface area contributed by atoms with Crippen LogP contribution in [0.3, 0.4) is 0 Å². The summed E-state index contributed by atoms with van der Waals surface area (Å²) in [6.45, 7) is 14.2. The van der Waals surface area contributed by atoms with E-state index < -0.39 is 30.0 Å². The Kier molecular flexibility index (Phi) is 38.8. The molecule has 1 amide bonds. The van der Waals surface area contributed by atoms with E-state index in [-0.39, 0.29) is 99.1 Å². The molecule has 5 saturated heterocycles. The number of carbonyl (C=O) groups is 1. The third kappa shape index (κ3) is 27.3. The average Bonchev–Trinajstić information content (AvgIpc) is 0.786. The number of rotatable bonds is 15. The van der Waals surface area contributed by atoms with Gasteiger partial charge in [-0.05, 0) is 129 Å². The predicted octanol–water partition coefficient (Wildman–Crippen LogP) is 15.5. The van der Waals surface area contributed by atoms with Crippen LogP contribution in [0, 0.1) is 6.92 Å². The standard InChI is InChI=1S/3C21H23N3O3.C16H23NO3.C11H15NO.C10H9ClN2O.3W/c3*1-26-19-9-17-18(10-20(19)27-2)22-13-23-21(17)24-11-15(8-16(25)12-24)14-6-4-3-5-7-14;1-16(2,3)20-15(19)17-10-13(9-14(18)11-17)12-7-5-4-6-8-12;13-11-6-10(7-12-8-11)9-4-2-1-3-5-9;1-6-3-8-7(4-9(6)14-2)10(11)13-5-12-8;;;/h3*3-7,9-10,13,15-16,25H,8,11-12H2,1-2H3;4-8,13-14,18H,9-11H2,1-3H3;1-5,10-13H,6-8H2;3-5H,1-2H3;;;. The van der Waals surface area contributed by atoms with E-state index in [9.17, 15) is 30.3 Å². The molecule has 18 rings (SSSR count). The fourth-order valence-electron chi connectivity index (χ4n) is 17.3. The van der Waals surface area contributed by atoms with Crippen molar-refractivity contribution in [2.75, 3.05) is 130 Å². The van der Waals surface area contributed by atoms with Crippen molar-refractivity contribution < 1.29 is 131 Å². The smallest absolute Gasteiger partial charge is 0.410 e. The molecule has 10 atom stereocenters. The van der Waals surface area contributed by atoms with Crippen molar-refractivity contribution in [1.82, 2.24) is 50.1 Å². The van der Waals surface area contributed by atoms with Gasteiger partial charge in [-0.1, -0.05) is 163 Å². The van der Waals surface area contributed by atoms with Crippen molar-refractivity contribution in [2.24, 2.45) is 0 Å². The second kappa shape index (κ2) is 49.5. The molecule has 5 aliphatic rings. The second-order valence-corrected chi connectivity index (χ2v) is 33.9. The maximum Gasteiger partial charge on any atom is 0.410 e. The van der Waals surface area contributed by atoms with E-state index in [1.54, 1.807) is 73.7 Å². The minimum absolute atomic E-state index is 0. The molecule has 0 aliphatic carbocycles. The summed E-state index contributed by atoms with van der Waals surface area (Å²) in [5.74, 6) is 8.42. The van der Waals surface area contributed by atoms with E-state index in [4.69, 9.17) is 49.5 Å². The van der Waals surface area contributed by atoms with Gasteiger partial charge in [-0.2, -0.15) is 0 Å². The SMILES string of the molecule is CC(C)(C)OC(=O)N1CC(O)CC(c2ccccc2)C1.COc1cc2c(Cl)ncnc2cc1C.COc1cc2ncnc(N3CC(O)CC(c4ccccc4)C3)c2cc1OC.COc1cc2ncnc(N3CC(O)CC(c4ccccc4)C3)c2cc1OC.COc1cc2ncnc(N3CC(O)CC(c4ccccc4)C3)c2cc1OC.OC1CNCC(c2ccccc2)C1.[W].[W].[W]. The summed E-state index contributed by atoms with van der Waals surface area (Å²) in [6.07, 6.45) is 7.69. The molecule has 9 aromatic carbocycles. The Morgan fingerprint density at radius 1 is 0.344 bits per heavy atom. The molecule has 0 spiro atoms. The third-order valence-electron chi connectivity index (χ3n) is 23.4. The number of aryl methyl sites for hydroxylation is 1. The molecular formula is C100H116ClN13O14W3. The summed E-state index contributed by atoms with van der Waals surface area (Å²) in [7, 11) is 11.3. The van der Waals surface area contributed by atoms with E-state index in [1.807, 2.05) is 167 Å². The summed E-state index contributed by atoms with van der Waals surface area (Å²) in [4.78, 5) is 54.9. The first kappa shape index (κ1) is 103. The van der Waals surface area contributed by atoms with Gasteiger partial charge in [0, 0.05) is 192 Å². The summed E-state index contributed by atoms with van der Waals surface area (Å²) in [5, 5.41) is 58.1. The van der Waals surface area contributed by atoms with Crippen LogP contribution in [-0.4, -0.2) is 228 Å². The van der Waals surface area contributed by atoms with Gasteiger partial charge in [0.2, 0.25) is 0 Å². The fraction of sp³-hybridized carbons (Fsp3) is 0.370. The fourth-order valence-corrected chi connectivity index (χ4v) is 17.5. The number of nitrogens with zero attached hydrogens (tertiary/aromatic N) is 12. The van der Waals surface area contributed by atoms with E-state index in [1.165, 1.54) is 28.6 Å². The number of β-amino-alcohol motifs (C(OH)–C–C–N with tert-alkyl or cyclic N) is 5. The van der Waals surface area contributed by atoms with Gasteiger partial charge >= 0.3 is 6.09 Å². The zero-order chi connectivity index (χ0) is 90.4. The molecule has 10 unspecified atom stereocenters. The molecule has 0 saturated carbocycles. The Balaban J connectivity index is 0.000000166. The first-order valence-corrected chi connectivity index (χ1v) is 43.5. The summed E-state index contributed by atoms with van der Waals surface area (Å²) < 4.78 is 43.1. The number of aromatic nitrogens is 8. The number of aliphatic hydroxyl groups excluding tert-OH is 5. The summed E-state index contributed by atoms with van der Waals surface area (Å²) in [5.41, 5.74) is 9.90. The number of halogens is 1. The normalized spacial score (nSPS) is 19.9. The Hall–Kier alpha value is -10.3. The minimum atomic E-state index is -0.512. The van der Waals surface area contributed by atoms with Gasteiger partial charge in [0.05, 0.1) is 102 Å². The molecular weight excluding hydrogens is 2190 g/mol. The van der Waals surface area contributed by atoms with Crippen LogP contribution in [0.4, 0.5) is 22.2 Å². The number of anilines is 3. The molecule has 4 aromatic heterocycles. The zero-order valence-corrected chi connectivity index (χ0v) is 85.2. The number of hydrogen-bond donors (Lipinski definition) is 6. The van der Waals surface area contributed by atoms with Crippen LogP contribution in [-0.2, 0) is 67.9 Å². The van der Waals surface area contributed by atoms with Crippen LogP contribution in [0.2, 0.25) is 5.15 Å². The number of benzene rings is 9. The molecule has 131 heavy (non-hydrogen) atoms. The molecule has 0 bridgehead atoms. The number of ether oxygens (including phenoxy) is 8. The largest absolute Gasteiger partial charge is 0.496 e. The molecule has 9 heterocycles. The molecule has 0 radical (unpaired) electrons. The van der Waals surface area contributed by atoms with E-state index in [2.05, 4.69) is 121 Å². The van der Waals surface area contributed by atoms with Crippen LogP contribution in [0.1, 0.15) is 116 Å². The molecule has 5 fully saturated rings. The number of hydrogen-bond acceptors (Lipinski definition) is 26. The number of fused-ring (bicyclic) bond motifs is 4. The molecule has 5 aliphatic heterocycles. The van der Waals surface area contributed by atoms with E-state index >= 15 is 0 Å². The predicted molar refractivity (Wildman–Crippen MR) is 500 cm³/mol. The van der Waals surface area contributed by atoms with Crippen LogP contribution in [0.25, 0.3) is 43.6 Å². The Morgan fingerprint density at radius 2 is 0.626 bits per heavy atom. The molecule has 690 valence electrons. The van der Waals surface area contributed by atoms with Crippen molar-refractivity contribution in [3.8, 4) is 40.2 Å². The molecule has 6 N–H and O–H groups in total. The van der Waals surface area contributed by atoms with Crippen LogP contribution < -0.4 is 53.2 Å². The second-order valence-electron chi connectivity index (χ2n) is 33.5. The van der Waals surface area contributed by atoms with Crippen molar-refractivity contribution in [1.29, 1.82) is 0 Å². The monoisotopic (exact) mass is 2310 g/mol. The van der Waals surface area contributed by atoms with Crippen LogP contribution in [0.15, 0.2) is 225 Å². The van der Waals surface area contributed by atoms with Gasteiger partial charge in [-0.15, -0.1) is 0 Å². The van der Waals surface area contributed by atoms with Gasteiger partial charge in [0.1, 0.15) is 59.3 Å². The van der Waals surface area contributed by atoms with Crippen molar-refractivity contribution in [2.45, 2.75) is 126 Å². The number of aliphatic hydroxyl groups is 5. The maximum atomic E-state index is 12.1. The van der Waals surface area contributed by atoms with E-state index in [0.29, 0.717) is 84.7 Å². The molecule has 31 heteroatoms. The van der Waals surface area contributed by atoms with Crippen molar-refractivity contribution in [3.05, 3.63) is 264 Å². The maximum absolute atomic E-state index is 12.1. The Bertz CT molecular complexity index is 5400. The summed E-state index contributed by atoms with van der Waals surface area (Å²) in [6, 6.07) is 66.4. The van der Waals surface area contributed by atoms with Crippen molar-refractivity contribution in [3.63, 3.8) is 0 Å². The molecule has 27 nitrogen and oxygen atoms in total. The van der Waals surface area contributed by atoms with Crippen LogP contribution >= 0.6 is 11.6 Å². The minimum Gasteiger partial charge on any atom is -0.496 e. The topological polar surface area (TPSA) is 320 Å². The quantitative estimate of drug-likeness (QED) is 0.0519. The zero-order valence-electron chi connectivity index (χ0n) is 75.6. The Morgan fingerprint density at radius 3 is 0.947 bits per heavy atom. The van der Waals surface area contributed by atoms with E-state index in [0.717, 1.165) is 136 Å². The average molecular weight is 2310 g/mol. The van der Waals surface area contributed by atoms with Gasteiger partial charge in [-0.3, -0.25) is 0 Å². The van der Waals surface area contributed by atoms with Gasteiger partial charge < -0.3 is 88.3 Å². The number of amides is 1. The summed E-state index contributed by atoms with van der Waals surface area (Å²) >= 11 is 5.93. The molecule has 13 aromatic rings. The number of carbonyl (C=O) groups excluding carboxylic acids is 1. The number of likely N-dealkylation sites (tertiary alicyclic amines) is 1. The Labute approximate surface area is 813 Å². The number of piperidine rings is 5. The van der Waals surface area contributed by atoms with Crippen molar-refractivity contribution >= 4 is 78.8 Å². The van der Waals surface area contributed by atoms with Gasteiger partial charge in [-0.25, -0.2) is 44.7 Å². The number of nitrogens with one attached hydrogen (secondary N) is 1. The number of methoxy groups -OCH3 is 7. The van der Waals surface area contributed by atoms with Gasteiger partial charge in [0.15, 0.2) is 34.5 Å². The first-order chi connectivity index (χ1) is 62.0. The third-order valence-corrected chi connectivity index (χ3v) is 23.7. The first-order valence-electron chi connectivity index (χ1n) is 43.1. The van der Waals surface area contributed by atoms with Crippen LogP contribution in [0.5, 0.6) is 40.2 Å².